The fourth-order valence-electron chi connectivity index (χ4n) is 2.15. The molecular weight excluding hydrogens is 348 g/mol. The zero-order valence-electron chi connectivity index (χ0n) is 11.0. The van der Waals surface area contributed by atoms with E-state index in [1.54, 1.807) is 10.4 Å². The minimum absolute atomic E-state index is 0.423. The Morgan fingerprint density at radius 1 is 1.37 bits per heavy atom. The summed E-state index contributed by atoms with van der Waals surface area (Å²) < 4.78 is 27.5. The monoisotopic (exact) mass is 366 g/mol. The van der Waals surface area contributed by atoms with Gasteiger partial charge < -0.3 is 5.32 Å². The van der Waals surface area contributed by atoms with Crippen molar-refractivity contribution in [3.05, 3.63) is 14.7 Å². The summed E-state index contributed by atoms with van der Waals surface area (Å²) in [6, 6.07) is 1.79. The van der Waals surface area contributed by atoms with Crippen LogP contribution in [-0.2, 0) is 16.6 Å². The van der Waals surface area contributed by atoms with Gasteiger partial charge in [-0.15, -0.1) is 11.3 Å². The van der Waals surface area contributed by atoms with Crippen LogP contribution in [0, 0.1) is 0 Å². The number of nitrogens with one attached hydrogen (secondary N) is 1. The molecule has 1 N–H and O–H groups in total. The first-order valence-electron chi connectivity index (χ1n) is 6.54. The first-order valence-corrected chi connectivity index (χ1v) is 9.59. The van der Waals surface area contributed by atoms with Crippen LogP contribution in [-0.4, -0.2) is 32.4 Å². The Labute approximate surface area is 127 Å². The van der Waals surface area contributed by atoms with Gasteiger partial charge in [0, 0.05) is 24.5 Å². The first kappa shape index (κ1) is 15.4. The van der Waals surface area contributed by atoms with E-state index in [1.807, 2.05) is 6.92 Å². The van der Waals surface area contributed by atoms with Crippen molar-refractivity contribution in [3.8, 4) is 0 Å². The smallest absolute Gasteiger partial charge is 0.245 e. The number of nitrogens with zero attached hydrogens (tertiary/aromatic N) is 1. The summed E-state index contributed by atoms with van der Waals surface area (Å²) >= 11 is 4.89. The number of sulfonamides is 1. The van der Waals surface area contributed by atoms with Gasteiger partial charge in [0.15, 0.2) is 0 Å². The van der Waals surface area contributed by atoms with Gasteiger partial charge in [0.05, 0.1) is 3.79 Å². The molecule has 1 aromatic heterocycles. The van der Waals surface area contributed by atoms with E-state index in [-0.39, 0.29) is 0 Å². The van der Waals surface area contributed by atoms with E-state index in [0.717, 1.165) is 37.2 Å². The number of thiophene rings is 1. The molecule has 0 radical (unpaired) electrons. The minimum Gasteiger partial charge on any atom is -0.312 e. The predicted octanol–water partition coefficient (Wildman–Crippen LogP) is 2.79. The number of rotatable bonds is 5. The summed E-state index contributed by atoms with van der Waals surface area (Å²) in [5, 5.41) is 3.22. The van der Waals surface area contributed by atoms with E-state index in [9.17, 15) is 8.42 Å². The molecule has 4 nitrogen and oxygen atoms in total. The maximum Gasteiger partial charge on any atom is 0.245 e. The zero-order chi connectivity index (χ0) is 13.9. The molecule has 2 heterocycles. The molecule has 0 aliphatic carbocycles. The highest BCUT2D eigenvalue weighted by molar-refractivity contribution is 9.11. The van der Waals surface area contributed by atoms with Crippen LogP contribution in [0.4, 0.5) is 0 Å². The van der Waals surface area contributed by atoms with Gasteiger partial charge in [-0.2, -0.15) is 4.31 Å². The first-order chi connectivity index (χ1) is 9.05. The number of piperidine rings is 1. The van der Waals surface area contributed by atoms with Crippen LogP contribution in [0.25, 0.3) is 0 Å². The zero-order valence-corrected chi connectivity index (χ0v) is 14.2. The van der Waals surface area contributed by atoms with Gasteiger partial charge >= 0.3 is 0 Å². The van der Waals surface area contributed by atoms with Crippen molar-refractivity contribution in [1.29, 1.82) is 0 Å². The van der Waals surface area contributed by atoms with Crippen LogP contribution in [0.15, 0.2) is 14.7 Å². The van der Waals surface area contributed by atoms with Crippen molar-refractivity contribution < 1.29 is 8.42 Å². The van der Waals surface area contributed by atoms with Crippen molar-refractivity contribution in [1.82, 2.24) is 9.62 Å². The summed E-state index contributed by atoms with van der Waals surface area (Å²) in [7, 11) is -3.33. The van der Waals surface area contributed by atoms with Crippen LogP contribution in [0.2, 0.25) is 0 Å². The van der Waals surface area contributed by atoms with Crippen LogP contribution < -0.4 is 5.32 Å². The molecule has 19 heavy (non-hydrogen) atoms. The highest BCUT2D eigenvalue weighted by atomic mass is 79.9. The molecule has 0 amide bonds. The van der Waals surface area contributed by atoms with Gasteiger partial charge in [0.2, 0.25) is 10.0 Å². The van der Waals surface area contributed by atoms with Crippen LogP contribution >= 0.6 is 27.3 Å². The third-order valence-electron chi connectivity index (χ3n) is 3.19. The molecule has 7 heteroatoms. The molecule has 0 spiro atoms. The quantitative estimate of drug-likeness (QED) is 0.871. The Balaban J connectivity index is 2.21. The molecule has 0 atom stereocenters. The molecule has 1 fully saturated rings. The van der Waals surface area contributed by atoms with Crippen LogP contribution in [0.3, 0.4) is 0 Å². The third kappa shape index (κ3) is 3.58. The van der Waals surface area contributed by atoms with Gasteiger partial charge in [-0.3, -0.25) is 0 Å². The fraction of sp³-hybridized carbons (Fsp3) is 0.667. The maximum absolute atomic E-state index is 12.6. The fourth-order valence-corrected chi connectivity index (χ4v) is 6.27. The maximum atomic E-state index is 12.6. The number of hydrogen-bond acceptors (Lipinski definition) is 4. The highest BCUT2D eigenvalue weighted by Crippen LogP contribution is 2.34. The van der Waals surface area contributed by atoms with E-state index in [4.69, 9.17) is 0 Å². The minimum atomic E-state index is -3.33. The molecule has 2 rings (SSSR count). The van der Waals surface area contributed by atoms with Crippen LogP contribution in [0.1, 0.15) is 31.1 Å². The summed E-state index contributed by atoms with van der Waals surface area (Å²) in [5.41, 5.74) is 0. The second-order valence-electron chi connectivity index (χ2n) is 4.60. The molecule has 0 bridgehead atoms. The lowest BCUT2D eigenvalue weighted by Gasteiger charge is -2.25. The van der Waals surface area contributed by atoms with Gasteiger partial charge in [0.1, 0.15) is 4.90 Å². The second-order valence-corrected chi connectivity index (χ2v) is 8.96. The van der Waals surface area contributed by atoms with Gasteiger partial charge in [-0.25, -0.2) is 8.42 Å². The standard InChI is InChI=1S/C12H19BrN2O2S2/c1-2-14-9-10-8-11(12(13)18-10)19(16,17)15-6-4-3-5-7-15/h8,14H,2-7,9H2,1H3. The summed E-state index contributed by atoms with van der Waals surface area (Å²) in [5.74, 6) is 0. The molecule has 1 aliphatic rings. The SMILES string of the molecule is CCNCc1cc(S(=O)(=O)N2CCCCC2)c(Br)s1. The molecule has 1 aromatic rings. The summed E-state index contributed by atoms with van der Waals surface area (Å²) in [4.78, 5) is 1.47. The van der Waals surface area contributed by atoms with Crippen molar-refractivity contribution in [2.24, 2.45) is 0 Å². The number of hydrogen-bond donors (Lipinski definition) is 1. The lowest BCUT2D eigenvalue weighted by Crippen LogP contribution is -2.35. The molecule has 0 unspecified atom stereocenters. The normalized spacial score (nSPS) is 17.8. The lowest BCUT2D eigenvalue weighted by atomic mass is 10.2. The average molecular weight is 367 g/mol. The van der Waals surface area contributed by atoms with E-state index in [1.165, 1.54) is 11.3 Å². The molecule has 0 aromatic carbocycles. The molecule has 1 aliphatic heterocycles. The summed E-state index contributed by atoms with van der Waals surface area (Å²) in [6.07, 6.45) is 3.05. The highest BCUT2D eigenvalue weighted by Gasteiger charge is 2.29. The average Bonchev–Trinajstić information content (AvgIpc) is 2.79. The number of halogens is 1. The van der Waals surface area contributed by atoms with Crippen LogP contribution in [0.5, 0.6) is 0 Å². The van der Waals surface area contributed by atoms with Crippen molar-refractivity contribution in [3.63, 3.8) is 0 Å². The van der Waals surface area contributed by atoms with E-state index in [0.29, 0.717) is 21.8 Å². The molecule has 0 saturated carbocycles. The van der Waals surface area contributed by atoms with Gasteiger partial charge in [-0.1, -0.05) is 13.3 Å². The van der Waals surface area contributed by atoms with Crippen molar-refractivity contribution in [2.75, 3.05) is 19.6 Å². The van der Waals surface area contributed by atoms with Gasteiger partial charge in [-0.05, 0) is 41.4 Å². The Bertz CT molecular complexity index is 522. The lowest BCUT2D eigenvalue weighted by molar-refractivity contribution is 0.346. The second kappa shape index (κ2) is 6.67. The van der Waals surface area contributed by atoms with Gasteiger partial charge in [0.25, 0.3) is 0 Å². The van der Waals surface area contributed by atoms with E-state index < -0.39 is 10.0 Å². The Morgan fingerprint density at radius 2 is 2.05 bits per heavy atom. The van der Waals surface area contributed by atoms with Crippen molar-refractivity contribution >= 4 is 37.3 Å². The topological polar surface area (TPSA) is 49.4 Å². The Kier molecular flexibility index (Phi) is 5.42. The molecule has 1 saturated heterocycles. The Hall–Kier alpha value is 0.0500. The molecular formula is C12H19BrN2O2S2. The summed E-state index contributed by atoms with van der Waals surface area (Å²) in [6.45, 7) is 4.92. The Morgan fingerprint density at radius 3 is 2.68 bits per heavy atom. The largest absolute Gasteiger partial charge is 0.312 e. The van der Waals surface area contributed by atoms with E-state index in [2.05, 4.69) is 21.2 Å². The predicted molar refractivity (Wildman–Crippen MR) is 82.0 cm³/mol. The van der Waals surface area contributed by atoms with Crippen molar-refractivity contribution in [2.45, 2.75) is 37.6 Å². The molecule has 108 valence electrons. The third-order valence-corrected chi connectivity index (χ3v) is 7.34. The van der Waals surface area contributed by atoms with E-state index >= 15 is 0 Å².